The average molecular weight is 347 g/mol. The fraction of sp³-hybridized carbons (Fsp3) is 0. The lowest BCUT2D eigenvalue weighted by molar-refractivity contribution is 0.102. The third kappa shape index (κ3) is 3.18. The Bertz CT molecular complexity index is 1040. The van der Waals surface area contributed by atoms with Gasteiger partial charge in [-0.1, -0.05) is 29.4 Å². The van der Waals surface area contributed by atoms with Crippen molar-refractivity contribution in [2.75, 3.05) is 5.32 Å². The number of amides is 1. The van der Waals surface area contributed by atoms with Crippen LogP contribution < -0.4 is 5.32 Å². The van der Waals surface area contributed by atoms with E-state index in [0.717, 1.165) is 11.1 Å². The van der Waals surface area contributed by atoms with Crippen molar-refractivity contribution in [1.29, 1.82) is 0 Å². The summed E-state index contributed by atoms with van der Waals surface area (Å²) >= 11 is 0. The van der Waals surface area contributed by atoms with Crippen molar-refractivity contribution in [1.82, 2.24) is 10.2 Å². The normalized spacial score (nSPS) is 10.6. The summed E-state index contributed by atoms with van der Waals surface area (Å²) in [5, 5.41) is 19.6. The summed E-state index contributed by atoms with van der Waals surface area (Å²) in [4.78, 5) is 12.4. The van der Waals surface area contributed by atoms with E-state index in [1.165, 1.54) is 6.26 Å². The molecule has 4 rings (SSSR count). The number of aromatic nitrogens is 2. The molecule has 0 fully saturated rings. The number of rotatable bonds is 4. The summed E-state index contributed by atoms with van der Waals surface area (Å²) in [6.45, 7) is 0. The standard InChI is InChI=1S/C19H13N3O4/c23-15-8-6-12(7-9-15)13-3-1-4-14(11-13)17(24)20-19-22-21-18(26-19)16-5-2-10-25-16/h1-11,23H,(H,20,22,24). The van der Waals surface area contributed by atoms with E-state index in [1.54, 1.807) is 54.6 Å². The lowest BCUT2D eigenvalue weighted by atomic mass is 10.0. The molecule has 0 saturated heterocycles. The van der Waals surface area contributed by atoms with E-state index in [0.29, 0.717) is 11.3 Å². The molecule has 1 amide bonds. The minimum atomic E-state index is -0.375. The lowest BCUT2D eigenvalue weighted by Crippen LogP contribution is -2.12. The van der Waals surface area contributed by atoms with Crippen LogP contribution in [0.5, 0.6) is 5.75 Å². The second-order valence-corrected chi connectivity index (χ2v) is 5.47. The highest BCUT2D eigenvalue weighted by molar-refractivity contribution is 6.03. The number of nitrogens with zero attached hydrogens (tertiary/aromatic N) is 2. The highest BCUT2D eigenvalue weighted by Crippen LogP contribution is 2.24. The number of hydrogen-bond donors (Lipinski definition) is 2. The maximum Gasteiger partial charge on any atom is 0.322 e. The van der Waals surface area contributed by atoms with Crippen LogP contribution in [0.2, 0.25) is 0 Å². The molecule has 0 saturated carbocycles. The Balaban J connectivity index is 1.53. The smallest absolute Gasteiger partial charge is 0.322 e. The van der Waals surface area contributed by atoms with Crippen LogP contribution >= 0.6 is 0 Å². The summed E-state index contributed by atoms with van der Waals surface area (Å²) in [7, 11) is 0. The van der Waals surface area contributed by atoms with Gasteiger partial charge in [0.1, 0.15) is 5.75 Å². The fourth-order valence-corrected chi connectivity index (χ4v) is 2.44. The number of carbonyl (C=O) groups is 1. The van der Waals surface area contributed by atoms with Gasteiger partial charge in [-0.25, -0.2) is 0 Å². The molecule has 0 aliphatic carbocycles. The molecule has 0 unspecified atom stereocenters. The minimum absolute atomic E-state index is 0.0172. The molecule has 2 heterocycles. The van der Waals surface area contributed by atoms with Gasteiger partial charge in [0.2, 0.25) is 0 Å². The van der Waals surface area contributed by atoms with Gasteiger partial charge in [-0.05, 0) is 47.5 Å². The summed E-state index contributed by atoms with van der Waals surface area (Å²) in [6, 6.07) is 17.2. The molecular formula is C19H13N3O4. The highest BCUT2D eigenvalue weighted by Gasteiger charge is 2.14. The minimum Gasteiger partial charge on any atom is -0.508 e. The van der Waals surface area contributed by atoms with Gasteiger partial charge in [0, 0.05) is 5.56 Å². The maximum absolute atomic E-state index is 12.4. The molecule has 7 nitrogen and oxygen atoms in total. The first kappa shape index (κ1) is 15.6. The van der Waals surface area contributed by atoms with Crippen molar-refractivity contribution in [3.63, 3.8) is 0 Å². The molecular weight excluding hydrogens is 334 g/mol. The lowest BCUT2D eigenvalue weighted by Gasteiger charge is -2.05. The molecule has 0 aliphatic rings. The Morgan fingerprint density at radius 3 is 2.58 bits per heavy atom. The number of aromatic hydroxyl groups is 1. The van der Waals surface area contributed by atoms with Gasteiger partial charge in [0.15, 0.2) is 5.76 Å². The predicted octanol–water partition coefficient (Wildman–Crippen LogP) is 3.95. The van der Waals surface area contributed by atoms with Crippen LogP contribution in [0.3, 0.4) is 0 Å². The van der Waals surface area contributed by atoms with Gasteiger partial charge < -0.3 is 13.9 Å². The summed E-state index contributed by atoms with van der Waals surface area (Å²) in [6.07, 6.45) is 1.49. The van der Waals surface area contributed by atoms with Crippen LogP contribution in [-0.2, 0) is 0 Å². The Labute approximate surface area is 147 Å². The first-order valence-electron chi connectivity index (χ1n) is 7.77. The Morgan fingerprint density at radius 1 is 0.962 bits per heavy atom. The van der Waals surface area contributed by atoms with Crippen molar-refractivity contribution in [3.8, 4) is 28.5 Å². The van der Waals surface area contributed by atoms with Crippen LogP contribution in [-0.4, -0.2) is 21.2 Å². The van der Waals surface area contributed by atoms with Gasteiger partial charge in [-0.3, -0.25) is 10.1 Å². The Kier molecular flexibility index (Phi) is 3.95. The number of hydrogen-bond acceptors (Lipinski definition) is 6. The van der Waals surface area contributed by atoms with E-state index in [9.17, 15) is 9.90 Å². The molecule has 2 aromatic carbocycles. The largest absolute Gasteiger partial charge is 0.508 e. The topological polar surface area (TPSA) is 101 Å². The van der Waals surface area contributed by atoms with Gasteiger partial charge >= 0.3 is 6.01 Å². The molecule has 4 aromatic rings. The predicted molar refractivity (Wildman–Crippen MR) is 93.5 cm³/mol. The number of anilines is 1. The molecule has 2 aromatic heterocycles. The maximum atomic E-state index is 12.4. The van der Waals surface area contributed by atoms with Crippen molar-refractivity contribution in [2.24, 2.45) is 0 Å². The number of furan rings is 1. The molecule has 128 valence electrons. The molecule has 0 radical (unpaired) electrons. The molecule has 0 atom stereocenters. The zero-order valence-corrected chi connectivity index (χ0v) is 13.4. The van der Waals surface area contributed by atoms with E-state index in [2.05, 4.69) is 15.5 Å². The quantitative estimate of drug-likeness (QED) is 0.579. The van der Waals surface area contributed by atoms with Crippen LogP contribution in [0, 0.1) is 0 Å². The summed E-state index contributed by atoms with van der Waals surface area (Å²) in [5.41, 5.74) is 2.17. The third-order valence-electron chi connectivity index (χ3n) is 3.70. The highest BCUT2D eigenvalue weighted by atomic mass is 16.4. The fourth-order valence-electron chi connectivity index (χ4n) is 2.44. The number of carbonyl (C=O) groups excluding carboxylic acids is 1. The Hall–Kier alpha value is -3.87. The molecule has 2 N–H and O–H groups in total. The Morgan fingerprint density at radius 2 is 1.81 bits per heavy atom. The van der Waals surface area contributed by atoms with E-state index in [4.69, 9.17) is 8.83 Å². The summed E-state index contributed by atoms with van der Waals surface area (Å²) in [5.74, 6) is 0.419. The van der Waals surface area contributed by atoms with Gasteiger partial charge in [0.05, 0.1) is 6.26 Å². The van der Waals surface area contributed by atoms with Crippen LogP contribution in [0.4, 0.5) is 6.01 Å². The van der Waals surface area contributed by atoms with Crippen molar-refractivity contribution in [3.05, 3.63) is 72.5 Å². The second kappa shape index (κ2) is 6.56. The molecule has 0 aliphatic heterocycles. The molecule has 26 heavy (non-hydrogen) atoms. The van der Waals surface area contributed by atoms with Crippen LogP contribution in [0.15, 0.2) is 75.8 Å². The van der Waals surface area contributed by atoms with Crippen molar-refractivity contribution >= 4 is 11.9 Å². The first-order chi connectivity index (χ1) is 12.7. The number of phenolic OH excluding ortho intramolecular Hbond substituents is 1. The van der Waals surface area contributed by atoms with Crippen LogP contribution in [0.1, 0.15) is 10.4 Å². The van der Waals surface area contributed by atoms with E-state index in [1.807, 2.05) is 6.07 Å². The zero-order valence-electron chi connectivity index (χ0n) is 13.4. The molecule has 0 spiro atoms. The van der Waals surface area contributed by atoms with Crippen molar-refractivity contribution in [2.45, 2.75) is 0 Å². The monoisotopic (exact) mass is 347 g/mol. The molecule has 7 heteroatoms. The first-order valence-corrected chi connectivity index (χ1v) is 7.77. The third-order valence-corrected chi connectivity index (χ3v) is 3.70. The van der Waals surface area contributed by atoms with E-state index in [-0.39, 0.29) is 23.6 Å². The average Bonchev–Trinajstić information content (AvgIpc) is 3.34. The van der Waals surface area contributed by atoms with Gasteiger partial charge in [0.25, 0.3) is 11.8 Å². The number of benzene rings is 2. The number of nitrogens with one attached hydrogen (secondary N) is 1. The number of phenols is 1. The molecule has 0 bridgehead atoms. The SMILES string of the molecule is O=C(Nc1nnc(-c2ccco2)o1)c1cccc(-c2ccc(O)cc2)c1. The van der Waals surface area contributed by atoms with E-state index < -0.39 is 0 Å². The van der Waals surface area contributed by atoms with Crippen molar-refractivity contribution < 1.29 is 18.7 Å². The van der Waals surface area contributed by atoms with E-state index >= 15 is 0 Å². The van der Waals surface area contributed by atoms with Crippen LogP contribution in [0.25, 0.3) is 22.8 Å². The van der Waals surface area contributed by atoms with Gasteiger partial charge in [-0.15, -0.1) is 5.10 Å². The zero-order chi connectivity index (χ0) is 17.9. The second-order valence-electron chi connectivity index (χ2n) is 5.47. The van der Waals surface area contributed by atoms with Gasteiger partial charge in [-0.2, -0.15) is 0 Å². The summed E-state index contributed by atoms with van der Waals surface area (Å²) < 4.78 is 10.5.